The molecule has 4 aromatic rings. The smallest absolute Gasteiger partial charge is 0.330 e. The van der Waals surface area contributed by atoms with Crippen LogP contribution in [0, 0.1) is 0 Å². The van der Waals surface area contributed by atoms with Gasteiger partial charge in [-0.15, -0.1) is 0 Å². The minimum atomic E-state index is -2.29. The highest BCUT2D eigenvalue weighted by Gasteiger charge is 2.54. The molecule has 11 N–H and O–H groups in total. The van der Waals surface area contributed by atoms with E-state index in [1.165, 1.54) is 68.8 Å². The number of rotatable bonds is 15. The van der Waals surface area contributed by atoms with Gasteiger partial charge in [-0.3, -0.25) is 4.79 Å². The number of esters is 1. The van der Waals surface area contributed by atoms with Crippen molar-refractivity contribution in [1.82, 2.24) is 0 Å². The van der Waals surface area contributed by atoms with Crippen LogP contribution >= 0.6 is 0 Å². The number of phenolic OH excluding ortho intramolecular Hbond substituents is 2. The molecule has 3 aliphatic heterocycles. The summed E-state index contributed by atoms with van der Waals surface area (Å²) >= 11 is 0. The average Bonchev–Trinajstić information content (AvgIpc) is 3.59. The molecule has 7 rings (SSSR count). The summed E-state index contributed by atoms with van der Waals surface area (Å²) in [5, 5.41) is 115. The molecule has 0 aliphatic carbocycles. The van der Waals surface area contributed by atoms with Gasteiger partial charge in [-0.05, 0) is 48.0 Å². The van der Waals surface area contributed by atoms with Crippen LogP contribution in [0.1, 0.15) is 5.56 Å². The van der Waals surface area contributed by atoms with Gasteiger partial charge in [-0.25, -0.2) is 4.79 Å². The molecule has 13 atom stereocenters. The van der Waals surface area contributed by atoms with Crippen molar-refractivity contribution in [2.75, 3.05) is 40.6 Å². The molecule has 3 aliphatic rings. The van der Waals surface area contributed by atoms with Crippen LogP contribution in [-0.4, -0.2) is 182 Å². The third-order valence-electron chi connectivity index (χ3n) is 11.1. The topological polar surface area (TPSA) is 353 Å². The van der Waals surface area contributed by atoms with E-state index >= 15 is 0 Å². The summed E-state index contributed by atoms with van der Waals surface area (Å²) in [6.45, 7) is -3.09. The van der Waals surface area contributed by atoms with Crippen molar-refractivity contribution in [2.45, 2.75) is 79.4 Å². The zero-order valence-electron chi connectivity index (χ0n) is 34.9. The maximum atomic E-state index is 14.3. The highest BCUT2D eigenvalue weighted by atomic mass is 16.8. The van der Waals surface area contributed by atoms with Crippen LogP contribution in [0.15, 0.2) is 69.9 Å². The molecule has 23 heteroatoms. The van der Waals surface area contributed by atoms with Crippen molar-refractivity contribution in [3.05, 3.63) is 76.5 Å². The number of ether oxygens (including phenoxy) is 9. The summed E-state index contributed by atoms with van der Waals surface area (Å²) in [5.74, 6) is -2.42. The number of fused-ring (bicyclic) bond motifs is 1. The number of phenols is 2. The van der Waals surface area contributed by atoms with Crippen molar-refractivity contribution >= 4 is 23.0 Å². The molecule has 0 saturated carbocycles. The van der Waals surface area contributed by atoms with E-state index in [2.05, 4.69) is 0 Å². The molecule has 66 heavy (non-hydrogen) atoms. The van der Waals surface area contributed by atoms with Gasteiger partial charge in [0.05, 0.1) is 34.0 Å². The van der Waals surface area contributed by atoms with Gasteiger partial charge in [0.2, 0.25) is 23.8 Å². The van der Waals surface area contributed by atoms with Crippen molar-refractivity contribution in [1.29, 1.82) is 0 Å². The molecular formula is C43H48O23. The summed E-state index contributed by atoms with van der Waals surface area (Å²) < 4.78 is 55.9. The largest absolute Gasteiger partial charge is 0.507 e. The van der Waals surface area contributed by atoms with Crippen LogP contribution in [0.4, 0.5) is 0 Å². The molecule has 23 nitrogen and oxygen atoms in total. The number of carbonyl (C=O) groups is 1. The number of aliphatic hydroxyl groups is 9. The Hall–Kier alpha value is -5.64. The number of hydrogen-bond acceptors (Lipinski definition) is 23. The van der Waals surface area contributed by atoms with Gasteiger partial charge in [0.15, 0.2) is 35.3 Å². The third kappa shape index (κ3) is 9.75. The normalized spacial score (nSPS) is 31.2. The van der Waals surface area contributed by atoms with Gasteiger partial charge in [-0.1, -0.05) is 6.07 Å². The van der Waals surface area contributed by atoms with Crippen LogP contribution in [0.25, 0.3) is 28.4 Å². The zero-order chi connectivity index (χ0) is 47.6. The van der Waals surface area contributed by atoms with Crippen LogP contribution < -0.4 is 24.4 Å². The third-order valence-corrected chi connectivity index (χ3v) is 11.1. The highest BCUT2D eigenvalue weighted by molar-refractivity contribution is 5.88. The Morgan fingerprint density at radius 1 is 0.773 bits per heavy atom. The van der Waals surface area contributed by atoms with E-state index in [0.29, 0.717) is 5.56 Å². The Balaban J connectivity index is 1.15. The second-order valence-electron chi connectivity index (χ2n) is 15.5. The maximum Gasteiger partial charge on any atom is 0.330 e. The summed E-state index contributed by atoms with van der Waals surface area (Å²) in [5.41, 5.74) is -2.95. The number of aromatic hydroxyl groups is 2. The molecule has 0 amide bonds. The summed E-state index contributed by atoms with van der Waals surface area (Å²) in [4.78, 5) is 26.9. The predicted molar refractivity (Wildman–Crippen MR) is 219 cm³/mol. The fourth-order valence-electron chi connectivity index (χ4n) is 7.33. The first-order valence-corrected chi connectivity index (χ1v) is 20.1. The number of hydrogen-bond donors (Lipinski definition) is 11. The fraction of sp³-hybridized carbons (Fsp3) is 0.442. The monoisotopic (exact) mass is 932 g/mol. The van der Waals surface area contributed by atoms with Crippen molar-refractivity contribution in [3.63, 3.8) is 0 Å². The molecule has 0 radical (unpaired) electrons. The predicted octanol–water partition coefficient (Wildman–Crippen LogP) is -2.02. The van der Waals surface area contributed by atoms with Gasteiger partial charge in [0.25, 0.3) is 0 Å². The number of carbonyl (C=O) groups excluding carboxylic acids is 1. The molecule has 0 spiro atoms. The Labute approximate surface area is 372 Å². The van der Waals surface area contributed by atoms with Crippen molar-refractivity contribution < 1.29 is 108 Å². The van der Waals surface area contributed by atoms with E-state index in [4.69, 9.17) is 47.0 Å². The summed E-state index contributed by atoms with van der Waals surface area (Å²) in [6.07, 6.45) is -18.6. The molecule has 3 aromatic carbocycles. The molecule has 4 heterocycles. The summed E-state index contributed by atoms with van der Waals surface area (Å²) in [7, 11) is 2.65. The first-order valence-electron chi connectivity index (χ1n) is 20.1. The van der Waals surface area contributed by atoms with Crippen molar-refractivity contribution in [3.8, 4) is 45.8 Å². The van der Waals surface area contributed by atoms with E-state index < -0.39 is 134 Å². The lowest BCUT2D eigenvalue weighted by atomic mass is 9.98. The quantitative estimate of drug-likeness (QED) is 0.0452. The van der Waals surface area contributed by atoms with E-state index in [0.717, 1.165) is 12.1 Å². The number of benzene rings is 3. The highest BCUT2D eigenvalue weighted by Crippen LogP contribution is 2.39. The SMILES string of the molecule is COc1cc(O)c2c(=O)c(O[C@@H]3O[C@H](CO)[C@@H](O)[C@H](O)[C@H]3O[C@@H]3OC[C@](O)(COC(=O)/C=C/c4ccc(O)c(OC)c4)[C@H]3O)c(-c3ccc(O[C@@H]4O[C@H](CO)[C@@H](O)[C@H](O)[C@H]4O)cc3)oc2c1. The lowest BCUT2D eigenvalue weighted by Crippen LogP contribution is -2.62. The zero-order valence-corrected chi connectivity index (χ0v) is 34.9. The minimum Gasteiger partial charge on any atom is -0.507 e. The molecule has 3 saturated heterocycles. The van der Waals surface area contributed by atoms with Gasteiger partial charge >= 0.3 is 5.97 Å². The second kappa shape index (κ2) is 20.1. The Morgan fingerprint density at radius 3 is 2.12 bits per heavy atom. The molecule has 0 bridgehead atoms. The first-order chi connectivity index (χ1) is 31.5. The molecule has 1 aromatic heterocycles. The van der Waals surface area contributed by atoms with E-state index in [1.54, 1.807) is 0 Å². The Bertz CT molecular complexity index is 2420. The molecule has 358 valence electrons. The van der Waals surface area contributed by atoms with Crippen LogP contribution in [0.2, 0.25) is 0 Å². The summed E-state index contributed by atoms with van der Waals surface area (Å²) in [6, 6.07) is 12.1. The molecule has 0 unspecified atom stereocenters. The van der Waals surface area contributed by atoms with Gasteiger partial charge < -0.3 is 103 Å². The molecule has 3 fully saturated rings. The van der Waals surface area contributed by atoms with E-state index in [1.807, 2.05) is 0 Å². The standard InChI is InChI=1S/C43H48O23/c1-57-21-12-23(47)29-25(13-21)62-36(19-5-7-20(8-6-19)61-40-35(54)33(52)30(49)26(14-44)63-40)37(32(29)51)65-41-38(34(53)31(50)27(15-45)64-41)66-42-39(55)43(56,17-60-42)16-59-28(48)10-4-18-3-9-22(46)24(11-18)58-2/h3-13,26-27,30-31,33-35,38-42,44-47,49-50,52-56H,14-17H2,1-2H3/b10-4+/t26-,27-,30-,31-,33+,34+,35-,38-,39+,40-,41+,42+,43-/m1/s1. The maximum absolute atomic E-state index is 14.3. The van der Waals surface area contributed by atoms with Gasteiger partial charge in [-0.2, -0.15) is 0 Å². The van der Waals surface area contributed by atoms with Crippen LogP contribution in [0.5, 0.6) is 34.5 Å². The van der Waals surface area contributed by atoms with E-state index in [-0.39, 0.29) is 39.9 Å². The second-order valence-corrected chi connectivity index (χ2v) is 15.5. The number of methoxy groups -OCH3 is 2. The lowest BCUT2D eigenvalue weighted by Gasteiger charge is -2.42. The first kappa shape index (κ1) is 48.3. The van der Waals surface area contributed by atoms with Crippen molar-refractivity contribution in [2.24, 2.45) is 0 Å². The van der Waals surface area contributed by atoms with E-state index in [9.17, 15) is 65.8 Å². The van der Waals surface area contributed by atoms with Crippen LogP contribution in [0.3, 0.4) is 0 Å². The number of aliphatic hydroxyl groups excluding tert-OH is 8. The fourth-order valence-corrected chi connectivity index (χ4v) is 7.33. The minimum absolute atomic E-state index is 0.0245. The lowest BCUT2D eigenvalue weighted by molar-refractivity contribution is -0.319. The van der Waals surface area contributed by atoms with Crippen LogP contribution in [-0.2, 0) is 28.5 Å². The van der Waals surface area contributed by atoms with Gasteiger partial charge in [0, 0.05) is 23.8 Å². The molecular weight excluding hydrogens is 884 g/mol. The average molecular weight is 933 g/mol. The Morgan fingerprint density at radius 2 is 1.45 bits per heavy atom. The Kier molecular flexibility index (Phi) is 14.7. The van der Waals surface area contributed by atoms with Gasteiger partial charge in [0.1, 0.15) is 83.7 Å².